The average Bonchev–Trinajstić information content (AvgIpc) is 2.48. The highest BCUT2D eigenvalue weighted by atomic mass is 35.5. The number of piperidine rings is 1. The molecule has 0 radical (unpaired) electrons. The molecule has 0 saturated carbocycles. The van der Waals surface area contributed by atoms with E-state index in [-0.39, 0.29) is 23.9 Å². The lowest BCUT2D eigenvalue weighted by atomic mass is 9.92. The molecule has 1 heterocycles. The predicted molar refractivity (Wildman–Crippen MR) is 99.5 cm³/mol. The van der Waals surface area contributed by atoms with Crippen LogP contribution in [0.1, 0.15) is 45.1 Å². The number of nitrogens with one attached hydrogen (secondary N) is 2. The molecule has 2 N–H and O–H groups in total. The summed E-state index contributed by atoms with van der Waals surface area (Å²) < 4.78 is 0. The Morgan fingerprint density at radius 2 is 1.96 bits per heavy atom. The first-order chi connectivity index (χ1) is 10.5. The Hall–Kier alpha value is -0.770. The molecule has 0 aromatic heterocycles. The summed E-state index contributed by atoms with van der Waals surface area (Å²) in [6.07, 6.45) is 4.74. The van der Waals surface area contributed by atoms with Crippen LogP contribution >= 0.6 is 24.0 Å². The Morgan fingerprint density at radius 1 is 1.30 bits per heavy atom. The molecule has 0 bridgehead atoms. The zero-order valence-electron chi connectivity index (χ0n) is 14.0. The fourth-order valence-electron chi connectivity index (χ4n) is 3.11. The van der Waals surface area contributed by atoms with E-state index in [1.54, 1.807) is 0 Å². The smallest absolute Gasteiger partial charge is 0.220 e. The number of halogens is 2. The van der Waals surface area contributed by atoms with Crippen LogP contribution in [0.15, 0.2) is 24.3 Å². The maximum Gasteiger partial charge on any atom is 0.220 e. The molecule has 5 heteroatoms. The molecule has 0 atom stereocenters. The summed E-state index contributed by atoms with van der Waals surface area (Å²) in [5.41, 5.74) is 0.795. The summed E-state index contributed by atoms with van der Waals surface area (Å²) in [7, 11) is 0. The largest absolute Gasteiger partial charge is 0.351 e. The maximum atomic E-state index is 12.2. The van der Waals surface area contributed by atoms with Crippen LogP contribution in [0.25, 0.3) is 0 Å². The minimum atomic E-state index is -0.282. The highest BCUT2D eigenvalue weighted by Crippen LogP contribution is 2.22. The van der Waals surface area contributed by atoms with Crippen molar-refractivity contribution < 1.29 is 4.79 Å². The van der Waals surface area contributed by atoms with Gasteiger partial charge in [-0.1, -0.05) is 29.8 Å². The summed E-state index contributed by atoms with van der Waals surface area (Å²) in [6.45, 7) is 6.28. The topological polar surface area (TPSA) is 41.1 Å². The Kier molecular flexibility index (Phi) is 8.38. The lowest BCUT2D eigenvalue weighted by Gasteiger charge is -2.28. The molecule has 1 fully saturated rings. The minimum Gasteiger partial charge on any atom is -0.351 e. The highest BCUT2D eigenvalue weighted by molar-refractivity contribution is 6.31. The molecular formula is C18H28Cl2N2O. The first-order valence-corrected chi connectivity index (χ1v) is 8.59. The van der Waals surface area contributed by atoms with Gasteiger partial charge in [0, 0.05) is 17.0 Å². The van der Waals surface area contributed by atoms with Gasteiger partial charge < -0.3 is 10.6 Å². The van der Waals surface area contributed by atoms with Gasteiger partial charge >= 0.3 is 0 Å². The van der Waals surface area contributed by atoms with Crippen molar-refractivity contribution in [3.8, 4) is 0 Å². The molecule has 130 valence electrons. The highest BCUT2D eigenvalue weighted by Gasteiger charge is 2.23. The molecule has 1 aliphatic heterocycles. The van der Waals surface area contributed by atoms with Gasteiger partial charge in [0.1, 0.15) is 0 Å². The van der Waals surface area contributed by atoms with Crippen LogP contribution in [0.2, 0.25) is 5.02 Å². The lowest BCUT2D eigenvalue weighted by Crippen LogP contribution is -2.45. The Morgan fingerprint density at radius 3 is 2.61 bits per heavy atom. The summed E-state index contributed by atoms with van der Waals surface area (Å²) in [4.78, 5) is 12.2. The molecule has 1 aromatic rings. The molecule has 3 nitrogen and oxygen atoms in total. The fourth-order valence-corrected chi connectivity index (χ4v) is 3.31. The molecule has 0 spiro atoms. The van der Waals surface area contributed by atoms with Gasteiger partial charge in [-0.2, -0.15) is 0 Å². The second-order valence-corrected chi connectivity index (χ2v) is 7.34. The Labute approximate surface area is 151 Å². The third-order valence-electron chi connectivity index (χ3n) is 4.31. The lowest BCUT2D eigenvalue weighted by molar-refractivity contribution is -0.123. The standard InChI is InChI=1S/C18H27ClN2O.ClH/c1-18(2,13-15-5-3-4-6-16(15)19)21-17(22)8-7-14-9-11-20-12-10-14;/h3-6,14,20H,7-13H2,1-2H3,(H,21,22);1H. The van der Waals surface area contributed by atoms with Crippen LogP contribution in [-0.4, -0.2) is 24.5 Å². The molecule has 0 aliphatic carbocycles. The van der Waals surface area contributed by atoms with Crippen molar-refractivity contribution >= 4 is 29.9 Å². The number of benzene rings is 1. The number of carbonyl (C=O) groups is 1. The minimum absolute atomic E-state index is 0. The summed E-state index contributed by atoms with van der Waals surface area (Å²) in [6, 6.07) is 7.82. The number of rotatable bonds is 6. The Balaban J connectivity index is 0.00000264. The van der Waals surface area contributed by atoms with E-state index in [2.05, 4.69) is 24.5 Å². The van der Waals surface area contributed by atoms with Gasteiger partial charge in [-0.25, -0.2) is 0 Å². The van der Waals surface area contributed by atoms with Crippen LogP contribution < -0.4 is 10.6 Å². The van der Waals surface area contributed by atoms with Crippen molar-refractivity contribution in [2.45, 2.75) is 51.5 Å². The van der Waals surface area contributed by atoms with Gasteiger partial charge in [-0.3, -0.25) is 4.79 Å². The fraction of sp³-hybridized carbons (Fsp3) is 0.611. The van der Waals surface area contributed by atoms with Gasteiger partial charge in [0.2, 0.25) is 5.91 Å². The van der Waals surface area contributed by atoms with Crippen molar-refractivity contribution in [3.05, 3.63) is 34.9 Å². The van der Waals surface area contributed by atoms with Crippen LogP contribution in [0.5, 0.6) is 0 Å². The van der Waals surface area contributed by atoms with E-state index in [0.29, 0.717) is 12.3 Å². The maximum absolute atomic E-state index is 12.2. The van der Waals surface area contributed by atoms with Crippen LogP contribution in [0, 0.1) is 5.92 Å². The van der Waals surface area contributed by atoms with Crippen molar-refractivity contribution in [2.75, 3.05) is 13.1 Å². The Bertz CT molecular complexity index is 500. The number of hydrogen-bond acceptors (Lipinski definition) is 2. The van der Waals surface area contributed by atoms with Crippen molar-refractivity contribution in [1.29, 1.82) is 0 Å². The van der Waals surface area contributed by atoms with Gasteiger partial charge in [0.25, 0.3) is 0 Å². The van der Waals surface area contributed by atoms with Crippen LogP contribution in [0.4, 0.5) is 0 Å². The normalized spacial score (nSPS) is 15.8. The van der Waals surface area contributed by atoms with E-state index in [1.807, 2.05) is 24.3 Å². The van der Waals surface area contributed by atoms with Gasteiger partial charge in [0.05, 0.1) is 0 Å². The van der Waals surface area contributed by atoms with E-state index >= 15 is 0 Å². The third kappa shape index (κ3) is 7.11. The molecule has 1 saturated heterocycles. The van der Waals surface area contributed by atoms with Crippen molar-refractivity contribution in [2.24, 2.45) is 5.92 Å². The average molecular weight is 359 g/mol. The molecule has 0 unspecified atom stereocenters. The third-order valence-corrected chi connectivity index (χ3v) is 4.68. The second-order valence-electron chi connectivity index (χ2n) is 6.93. The predicted octanol–water partition coefficient (Wildman–Crippen LogP) is 3.98. The summed E-state index contributed by atoms with van der Waals surface area (Å²) in [5, 5.41) is 7.28. The van der Waals surface area contributed by atoms with E-state index in [4.69, 9.17) is 11.6 Å². The van der Waals surface area contributed by atoms with E-state index in [0.717, 1.165) is 36.5 Å². The molecule has 1 amide bonds. The number of hydrogen-bond donors (Lipinski definition) is 2. The SMILES string of the molecule is CC(C)(Cc1ccccc1Cl)NC(=O)CCC1CCNCC1.Cl. The first-order valence-electron chi connectivity index (χ1n) is 8.21. The van der Waals surface area contributed by atoms with Crippen LogP contribution in [-0.2, 0) is 11.2 Å². The monoisotopic (exact) mass is 358 g/mol. The number of amides is 1. The molecule has 1 aliphatic rings. The molecule has 2 rings (SSSR count). The zero-order valence-corrected chi connectivity index (χ0v) is 15.6. The summed E-state index contributed by atoms with van der Waals surface area (Å²) >= 11 is 6.21. The first kappa shape index (κ1) is 20.3. The molecule has 1 aromatic carbocycles. The number of carbonyl (C=O) groups excluding carboxylic acids is 1. The van der Waals surface area contributed by atoms with E-state index in [1.165, 1.54) is 12.8 Å². The quantitative estimate of drug-likeness (QED) is 0.807. The molecule has 23 heavy (non-hydrogen) atoms. The summed E-state index contributed by atoms with van der Waals surface area (Å²) in [5.74, 6) is 0.842. The van der Waals surface area contributed by atoms with E-state index in [9.17, 15) is 4.79 Å². The van der Waals surface area contributed by atoms with Gasteiger partial charge in [-0.15, -0.1) is 12.4 Å². The zero-order chi connectivity index (χ0) is 16.0. The molecular weight excluding hydrogens is 331 g/mol. The van der Waals surface area contributed by atoms with E-state index < -0.39 is 0 Å². The van der Waals surface area contributed by atoms with Crippen LogP contribution in [0.3, 0.4) is 0 Å². The second kappa shape index (κ2) is 9.51. The van der Waals surface area contributed by atoms with Gasteiger partial charge in [-0.05, 0) is 70.2 Å². The van der Waals surface area contributed by atoms with Crippen molar-refractivity contribution in [1.82, 2.24) is 10.6 Å². The van der Waals surface area contributed by atoms with Gasteiger partial charge in [0.15, 0.2) is 0 Å². The van der Waals surface area contributed by atoms with Crippen molar-refractivity contribution in [3.63, 3.8) is 0 Å².